The molecule has 2 rings (SSSR count). The molecule has 4 heteroatoms. The number of carbonyl (C=O) groups excluding carboxylic acids is 1. The van der Waals surface area contributed by atoms with Crippen LogP contribution in [-0.2, 0) is 4.79 Å². The van der Waals surface area contributed by atoms with E-state index in [1.165, 1.54) is 5.56 Å². The zero-order valence-corrected chi connectivity index (χ0v) is 13.7. The van der Waals surface area contributed by atoms with Crippen LogP contribution < -0.4 is 10.2 Å². The highest BCUT2D eigenvalue weighted by Crippen LogP contribution is 2.18. The summed E-state index contributed by atoms with van der Waals surface area (Å²) in [6.07, 6.45) is 0. The van der Waals surface area contributed by atoms with E-state index in [1.807, 2.05) is 61.5 Å². The molecule has 2 aromatic rings. The molecule has 0 aliphatic carbocycles. The minimum absolute atomic E-state index is 0.0629. The Morgan fingerprint density at radius 1 is 1.09 bits per heavy atom. The lowest BCUT2D eigenvalue weighted by molar-refractivity contribution is -0.123. The summed E-state index contributed by atoms with van der Waals surface area (Å²) in [4.78, 5) is 11.8. The van der Waals surface area contributed by atoms with E-state index in [0.29, 0.717) is 11.7 Å². The Hall–Kier alpha value is -2.62. The van der Waals surface area contributed by atoms with E-state index in [4.69, 9.17) is 4.74 Å². The fraction of sp³-hybridized carbons (Fsp3) is 0.263. The predicted octanol–water partition coefficient (Wildman–Crippen LogP) is 3.73. The molecule has 120 valence electrons. The van der Waals surface area contributed by atoms with Crippen LogP contribution in [0.4, 0.5) is 0 Å². The number of nitrogens with one attached hydrogen (secondary N) is 1. The summed E-state index contributed by atoms with van der Waals surface area (Å²) in [6, 6.07) is 17.5. The molecule has 0 aliphatic rings. The quantitative estimate of drug-likeness (QED) is 0.653. The number of ether oxygens (including phenoxy) is 1. The zero-order chi connectivity index (χ0) is 16.7. The number of hydrogen-bond donors (Lipinski definition) is 1. The van der Waals surface area contributed by atoms with Crippen LogP contribution >= 0.6 is 0 Å². The molecule has 0 saturated carbocycles. The van der Waals surface area contributed by atoms with E-state index in [9.17, 15) is 4.79 Å². The molecule has 0 fully saturated rings. The Balaban J connectivity index is 1.83. The van der Waals surface area contributed by atoms with Crippen LogP contribution in [0.2, 0.25) is 0 Å². The standard InChI is InChI=1S/C19H22N2O2/c1-14(2)16-9-11-18(12-10-16)23-13-19(22)21-20-15(3)17-7-5-4-6-8-17/h4-12,14H,13H2,1-3H3,(H,21,22). The molecule has 4 nitrogen and oxygen atoms in total. The van der Waals surface area contributed by atoms with Crippen molar-refractivity contribution < 1.29 is 9.53 Å². The lowest BCUT2D eigenvalue weighted by Gasteiger charge is -2.08. The van der Waals surface area contributed by atoms with Gasteiger partial charge in [0.1, 0.15) is 5.75 Å². The van der Waals surface area contributed by atoms with E-state index in [0.717, 1.165) is 11.3 Å². The van der Waals surface area contributed by atoms with E-state index >= 15 is 0 Å². The van der Waals surface area contributed by atoms with Gasteiger partial charge in [-0.3, -0.25) is 4.79 Å². The lowest BCUT2D eigenvalue weighted by atomic mass is 10.0. The van der Waals surface area contributed by atoms with Crippen molar-refractivity contribution >= 4 is 11.6 Å². The van der Waals surface area contributed by atoms with Gasteiger partial charge >= 0.3 is 0 Å². The summed E-state index contributed by atoms with van der Waals surface area (Å²) in [5.74, 6) is 0.865. The molecular weight excluding hydrogens is 288 g/mol. The van der Waals surface area contributed by atoms with Crippen LogP contribution in [-0.4, -0.2) is 18.2 Å². The minimum atomic E-state index is -0.284. The Morgan fingerprint density at radius 3 is 2.35 bits per heavy atom. The van der Waals surface area contributed by atoms with Crippen molar-refractivity contribution in [2.45, 2.75) is 26.7 Å². The van der Waals surface area contributed by atoms with Crippen LogP contribution in [0, 0.1) is 0 Å². The van der Waals surface area contributed by atoms with Crippen molar-refractivity contribution in [2.24, 2.45) is 5.10 Å². The van der Waals surface area contributed by atoms with Gasteiger partial charge in [0.05, 0.1) is 5.71 Å². The van der Waals surface area contributed by atoms with Gasteiger partial charge in [-0.1, -0.05) is 56.3 Å². The van der Waals surface area contributed by atoms with Crippen molar-refractivity contribution in [1.29, 1.82) is 0 Å². The van der Waals surface area contributed by atoms with Crippen LogP contribution in [0.15, 0.2) is 59.7 Å². The summed E-state index contributed by atoms with van der Waals surface area (Å²) < 4.78 is 5.46. The molecule has 0 atom stereocenters. The molecule has 0 aliphatic heterocycles. The average Bonchev–Trinajstić information content (AvgIpc) is 2.59. The van der Waals surface area contributed by atoms with Gasteiger partial charge in [-0.15, -0.1) is 0 Å². The highest BCUT2D eigenvalue weighted by molar-refractivity contribution is 5.99. The van der Waals surface area contributed by atoms with E-state index in [2.05, 4.69) is 24.4 Å². The van der Waals surface area contributed by atoms with Crippen LogP contribution in [0.5, 0.6) is 5.75 Å². The monoisotopic (exact) mass is 310 g/mol. The SMILES string of the molecule is CC(=NNC(=O)COc1ccc(C(C)C)cc1)c1ccccc1. The van der Waals surface area contributed by atoms with Crippen LogP contribution in [0.3, 0.4) is 0 Å². The number of nitrogens with zero attached hydrogens (tertiary/aromatic N) is 1. The molecule has 0 aromatic heterocycles. The van der Waals surface area contributed by atoms with Gasteiger partial charge in [0.2, 0.25) is 0 Å². The number of benzene rings is 2. The van der Waals surface area contributed by atoms with Gasteiger partial charge in [0.25, 0.3) is 5.91 Å². The lowest BCUT2D eigenvalue weighted by Crippen LogP contribution is -2.25. The minimum Gasteiger partial charge on any atom is -0.484 e. The first-order valence-electron chi connectivity index (χ1n) is 7.67. The molecule has 0 unspecified atom stereocenters. The fourth-order valence-corrected chi connectivity index (χ4v) is 2.02. The number of carbonyl (C=O) groups is 1. The third-order valence-corrected chi connectivity index (χ3v) is 3.46. The largest absolute Gasteiger partial charge is 0.484 e. The first-order valence-corrected chi connectivity index (χ1v) is 7.67. The molecule has 0 heterocycles. The first kappa shape index (κ1) is 16.7. The molecule has 0 radical (unpaired) electrons. The Kier molecular flexibility index (Phi) is 5.92. The zero-order valence-electron chi connectivity index (χ0n) is 13.7. The number of hydrazone groups is 1. The third kappa shape index (κ3) is 5.25. The van der Waals surface area contributed by atoms with Crippen molar-refractivity contribution in [3.63, 3.8) is 0 Å². The van der Waals surface area contributed by atoms with Gasteiger partial charge in [0.15, 0.2) is 6.61 Å². The topological polar surface area (TPSA) is 50.7 Å². The van der Waals surface area contributed by atoms with E-state index in [-0.39, 0.29) is 12.5 Å². The maximum Gasteiger partial charge on any atom is 0.277 e. The van der Waals surface area contributed by atoms with Gasteiger partial charge in [-0.25, -0.2) is 5.43 Å². The molecule has 0 spiro atoms. The second kappa shape index (κ2) is 8.13. The summed E-state index contributed by atoms with van der Waals surface area (Å²) in [7, 11) is 0. The maximum absolute atomic E-state index is 11.8. The smallest absolute Gasteiger partial charge is 0.277 e. The van der Waals surface area contributed by atoms with Gasteiger partial charge in [-0.05, 0) is 36.1 Å². The molecule has 2 aromatic carbocycles. The normalized spacial score (nSPS) is 11.4. The highest BCUT2D eigenvalue weighted by atomic mass is 16.5. The summed E-state index contributed by atoms with van der Waals surface area (Å²) in [5, 5.41) is 4.08. The second-order valence-electron chi connectivity index (χ2n) is 5.61. The molecule has 1 amide bonds. The van der Waals surface area contributed by atoms with Crippen molar-refractivity contribution in [3.05, 3.63) is 65.7 Å². The molecular formula is C19H22N2O2. The summed E-state index contributed by atoms with van der Waals surface area (Å²) in [6.45, 7) is 6.06. The number of rotatable bonds is 6. The first-order chi connectivity index (χ1) is 11.1. The number of hydrogen-bond acceptors (Lipinski definition) is 3. The fourth-order valence-electron chi connectivity index (χ4n) is 2.02. The molecule has 23 heavy (non-hydrogen) atoms. The molecule has 1 N–H and O–H groups in total. The van der Waals surface area contributed by atoms with Crippen molar-refractivity contribution in [1.82, 2.24) is 5.43 Å². The third-order valence-electron chi connectivity index (χ3n) is 3.46. The average molecular weight is 310 g/mol. The van der Waals surface area contributed by atoms with E-state index < -0.39 is 0 Å². The Bertz CT molecular complexity index is 662. The Labute approximate surface area is 137 Å². The van der Waals surface area contributed by atoms with Gasteiger partial charge < -0.3 is 4.74 Å². The highest BCUT2D eigenvalue weighted by Gasteiger charge is 2.04. The van der Waals surface area contributed by atoms with Crippen molar-refractivity contribution in [2.75, 3.05) is 6.61 Å². The molecule has 0 bridgehead atoms. The second-order valence-corrected chi connectivity index (χ2v) is 5.61. The summed E-state index contributed by atoms with van der Waals surface area (Å²) >= 11 is 0. The number of amides is 1. The Morgan fingerprint density at radius 2 is 1.74 bits per heavy atom. The predicted molar refractivity (Wildman–Crippen MR) is 92.8 cm³/mol. The van der Waals surface area contributed by atoms with E-state index in [1.54, 1.807) is 0 Å². The van der Waals surface area contributed by atoms with Gasteiger partial charge in [0, 0.05) is 0 Å². The van der Waals surface area contributed by atoms with Gasteiger partial charge in [-0.2, -0.15) is 5.10 Å². The van der Waals surface area contributed by atoms with Crippen LogP contribution in [0.25, 0.3) is 0 Å². The summed E-state index contributed by atoms with van der Waals surface area (Å²) in [5.41, 5.74) is 5.47. The van der Waals surface area contributed by atoms with Crippen LogP contribution in [0.1, 0.15) is 37.8 Å². The van der Waals surface area contributed by atoms with Crippen molar-refractivity contribution in [3.8, 4) is 5.75 Å². The molecule has 0 saturated heterocycles. The maximum atomic E-state index is 11.8.